The van der Waals surface area contributed by atoms with Crippen LogP contribution in [0, 0.1) is 6.92 Å². The fourth-order valence-corrected chi connectivity index (χ4v) is 4.64. The van der Waals surface area contributed by atoms with Crippen LogP contribution in [0.5, 0.6) is 0 Å². The number of halogens is 1. The van der Waals surface area contributed by atoms with E-state index < -0.39 is 10.0 Å². The molecule has 0 bridgehead atoms. The van der Waals surface area contributed by atoms with Crippen molar-refractivity contribution in [2.75, 3.05) is 32.7 Å². The maximum atomic E-state index is 12.7. The number of hydrazone groups is 1. The molecular formula is C20H24ClN4O3S+. The third kappa shape index (κ3) is 5.86. The van der Waals surface area contributed by atoms with Gasteiger partial charge in [0.05, 0.1) is 37.3 Å². The predicted molar refractivity (Wildman–Crippen MR) is 113 cm³/mol. The summed E-state index contributed by atoms with van der Waals surface area (Å²) in [6.45, 7) is 4.07. The molecule has 7 nitrogen and oxygen atoms in total. The quantitative estimate of drug-likeness (QED) is 0.517. The molecule has 1 aliphatic heterocycles. The lowest BCUT2D eigenvalue weighted by Gasteiger charge is -2.31. The molecule has 29 heavy (non-hydrogen) atoms. The first-order valence-corrected chi connectivity index (χ1v) is 11.1. The zero-order chi connectivity index (χ0) is 20.9. The monoisotopic (exact) mass is 435 g/mol. The number of benzene rings is 2. The Hall–Kier alpha value is -2.26. The highest BCUT2D eigenvalue weighted by Crippen LogP contribution is 2.16. The van der Waals surface area contributed by atoms with Crippen molar-refractivity contribution in [1.82, 2.24) is 9.73 Å². The highest BCUT2D eigenvalue weighted by Gasteiger charge is 2.31. The van der Waals surface area contributed by atoms with Gasteiger partial charge in [-0.15, -0.1) is 0 Å². The fraction of sp³-hybridized carbons (Fsp3) is 0.300. The van der Waals surface area contributed by atoms with E-state index in [0.29, 0.717) is 36.1 Å². The summed E-state index contributed by atoms with van der Waals surface area (Å²) in [6, 6.07) is 14.0. The molecule has 0 unspecified atom stereocenters. The van der Waals surface area contributed by atoms with Crippen molar-refractivity contribution < 1.29 is 18.1 Å². The SMILES string of the molecule is Cc1ccc(S(=O)(=O)N2CC[NH+](CC(=O)N/N=C/c3ccc(Cl)cc3)CC2)cc1. The van der Waals surface area contributed by atoms with E-state index in [-0.39, 0.29) is 12.5 Å². The first-order chi connectivity index (χ1) is 13.8. The highest BCUT2D eigenvalue weighted by molar-refractivity contribution is 7.89. The third-order valence-corrected chi connectivity index (χ3v) is 6.94. The number of nitrogens with one attached hydrogen (secondary N) is 2. The zero-order valence-corrected chi connectivity index (χ0v) is 17.7. The number of aryl methyl sites for hydroxylation is 1. The standard InChI is InChI=1S/C20H23ClN4O3S/c1-16-2-8-19(9-3-16)29(27,28)25-12-10-24(11-13-25)15-20(26)23-22-14-17-4-6-18(21)7-5-17/h2-9,14H,10-13,15H2,1H3,(H,23,26)/p+1/b22-14+. The minimum atomic E-state index is -3.49. The number of nitrogens with zero attached hydrogens (tertiary/aromatic N) is 2. The third-order valence-electron chi connectivity index (χ3n) is 4.77. The molecule has 1 aliphatic rings. The molecule has 3 rings (SSSR count). The second-order valence-electron chi connectivity index (χ2n) is 6.99. The van der Waals surface area contributed by atoms with Gasteiger partial charge >= 0.3 is 0 Å². The summed E-state index contributed by atoms with van der Waals surface area (Å²) in [4.78, 5) is 13.4. The van der Waals surface area contributed by atoms with Gasteiger partial charge < -0.3 is 4.90 Å². The average molecular weight is 436 g/mol. The molecule has 154 valence electrons. The molecule has 9 heteroatoms. The van der Waals surface area contributed by atoms with Crippen LogP contribution in [0.2, 0.25) is 5.02 Å². The van der Waals surface area contributed by atoms with Crippen LogP contribution >= 0.6 is 11.6 Å². The lowest BCUT2D eigenvalue weighted by molar-refractivity contribution is -0.895. The molecule has 2 aromatic rings. The van der Waals surface area contributed by atoms with Gasteiger partial charge in [0, 0.05) is 5.02 Å². The summed E-state index contributed by atoms with van der Waals surface area (Å²) >= 11 is 5.83. The Morgan fingerprint density at radius 3 is 2.38 bits per heavy atom. The lowest BCUT2D eigenvalue weighted by Crippen LogP contribution is -3.15. The summed E-state index contributed by atoms with van der Waals surface area (Å²) in [5.74, 6) is -0.208. The van der Waals surface area contributed by atoms with Gasteiger partial charge in [-0.3, -0.25) is 4.79 Å². The van der Waals surface area contributed by atoms with Crippen molar-refractivity contribution in [3.8, 4) is 0 Å². The Morgan fingerprint density at radius 1 is 1.14 bits per heavy atom. The van der Waals surface area contributed by atoms with E-state index in [1.54, 1.807) is 54.7 Å². The molecule has 1 heterocycles. The summed E-state index contributed by atoms with van der Waals surface area (Å²) in [6.07, 6.45) is 1.55. The highest BCUT2D eigenvalue weighted by atomic mass is 35.5. The van der Waals surface area contributed by atoms with E-state index in [2.05, 4.69) is 10.5 Å². The van der Waals surface area contributed by atoms with Crippen LogP contribution in [0.1, 0.15) is 11.1 Å². The molecule has 0 saturated carbocycles. The molecule has 1 amide bonds. The van der Waals surface area contributed by atoms with E-state index in [4.69, 9.17) is 11.6 Å². The number of amides is 1. The second kappa shape index (κ2) is 9.49. The molecule has 0 spiro atoms. The number of rotatable bonds is 6. The van der Waals surface area contributed by atoms with Gasteiger partial charge in [-0.25, -0.2) is 13.8 Å². The number of quaternary nitrogens is 1. The van der Waals surface area contributed by atoms with Crippen molar-refractivity contribution in [2.24, 2.45) is 5.10 Å². The molecule has 0 aromatic heterocycles. The van der Waals surface area contributed by atoms with Gasteiger partial charge in [0.25, 0.3) is 5.91 Å². The van der Waals surface area contributed by atoms with Crippen molar-refractivity contribution in [3.05, 3.63) is 64.7 Å². The number of hydrogen-bond donors (Lipinski definition) is 2. The number of carbonyl (C=O) groups is 1. The molecule has 1 saturated heterocycles. The van der Waals surface area contributed by atoms with Crippen LogP contribution in [-0.4, -0.2) is 57.6 Å². The smallest absolute Gasteiger partial charge is 0.295 e. The Labute approximate surface area is 176 Å². The number of carbonyl (C=O) groups excluding carboxylic acids is 1. The fourth-order valence-electron chi connectivity index (χ4n) is 3.07. The Morgan fingerprint density at radius 2 is 1.76 bits per heavy atom. The Kier molecular flexibility index (Phi) is 7.02. The number of piperazine rings is 1. The van der Waals surface area contributed by atoms with Gasteiger partial charge in [-0.2, -0.15) is 9.41 Å². The lowest BCUT2D eigenvalue weighted by atomic mass is 10.2. The van der Waals surface area contributed by atoms with E-state index in [0.717, 1.165) is 16.0 Å². The summed E-state index contributed by atoms with van der Waals surface area (Å²) < 4.78 is 27.0. The van der Waals surface area contributed by atoms with Crippen LogP contribution in [0.3, 0.4) is 0 Å². The zero-order valence-electron chi connectivity index (χ0n) is 16.1. The van der Waals surface area contributed by atoms with Crippen LogP contribution in [0.4, 0.5) is 0 Å². The minimum absolute atomic E-state index is 0.208. The van der Waals surface area contributed by atoms with Crippen LogP contribution < -0.4 is 10.3 Å². The Bertz CT molecular complexity index is 968. The first kappa shape index (κ1) is 21.4. The van der Waals surface area contributed by atoms with Gasteiger partial charge in [0.15, 0.2) is 6.54 Å². The van der Waals surface area contributed by atoms with E-state index >= 15 is 0 Å². The minimum Gasteiger partial charge on any atom is -0.325 e. The van der Waals surface area contributed by atoms with Crippen molar-refractivity contribution in [3.63, 3.8) is 0 Å². The van der Waals surface area contributed by atoms with Crippen LogP contribution in [0.25, 0.3) is 0 Å². The molecule has 0 aliphatic carbocycles. The van der Waals surface area contributed by atoms with E-state index in [9.17, 15) is 13.2 Å². The van der Waals surface area contributed by atoms with Crippen LogP contribution in [0.15, 0.2) is 58.5 Å². The number of sulfonamides is 1. The topological polar surface area (TPSA) is 83.3 Å². The maximum absolute atomic E-state index is 12.7. The van der Waals surface area contributed by atoms with Crippen molar-refractivity contribution >= 4 is 33.7 Å². The Balaban J connectivity index is 1.47. The molecule has 1 fully saturated rings. The largest absolute Gasteiger partial charge is 0.325 e. The summed E-state index contributed by atoms with van der Waals surface area (Å²) in [7, 11) is -3.49. The van der Waals surface area contributed by atoms with Gasteiger partial charge in [-0.05, 0) is 36.8 Å². The van der Waals surface area contributed by atoms with E-state index in [1.807, 2.05) is 6.92 Å². The average Bonchev–Trinajstić information content (AvgIpc) is 2.70. The predicted octanol–water partition coefficient (Wildman–Crippen LogP) is 0.688. The molecule has 0 radical (unpaired) electrons. The van der Waals surface area contributed by atoms with Crippen molar-refractivity contribution in [2.45, 2.75) is 11.8 Å². The molecule has 2 aromatic carbocycles. The molecule has 2 N–H and O–H groups in total. The summed E-state index contributed by atoms with van der Waals surface area (Å²) in [5, 5.41) is 4.59. The van der Waals surface area contributed by atoms with Crippen molar-refractivity contribution in [1.29, 1.82) is 0 Å². The van der Waals surface area contributed by atoms with Gasteiger partial charge in [0.1, 0.15) is 0 Å². The van der Waals surface area contributed by atoms with Crippen LogP contribution in [-0.2, 0) is 14.8 Å². The van der Waals surface area contributed by atoms with E-state index in [1.165, 1.54) is 4.31 Å². The second-order valence-corrected chi connectivity index (χ2v) is 9.36. The van der Waals surface area contributed by atoms with Gasteiger partial charge in [0.2, 0.25) is 10.0 Å². The van der Waals surface area contributed by atoms with Gasteiger partial charge in [-0.1, -0.05) is 41.4 Å². The molecule has 0 atom stereocenters. The maximum Gasteiger partial charge on any atom is 0.295 e. The first-order valence-electron chi connectivity index (χ1n) is 9.32. The number of hydrogen-bond acceptors (Lipinski definition) is 4. The summed E-state index contributed by atoms with van der Waals surface area (Å²) in [5.41, 5.74) is 4.36. The normalized spacial score (nSPS) is 16.2. The molecular weight excluding hydrogens is 412 g/mol.